The molecule has 6 heteroatoms. The second kappa shape index (κ2) is 7.72. The lowest BCUT2D eigenvalue weighted by Gasteiger charge is -2.27. The van der Waals surface area contributed by atoms with Crippen LogP contribution in [0.15, 0.2) is 54.6 Å². The highest BCUT2D eigenvalue weighted by atomic mass is 19.1. The fraction of sp³-hybridized carbons (Fsp3) is 0.400. The predicted octanol–water partition coefficient (Wildman–Crippen LogP) is 2.11. The molecule has 5 nitrogen and oxygen atoms in total. The predicted molar refractivity (Wildman–Crippen MR) is 95.0 cm³/mol. The first-order valence-electron chi connectivity index (χ1n) is 8.96. The highest BCUT2D eigenvalue weighted by Gasteiger charge is 2.48. The first kappa shape index (κ1) is 17.4. The molecule has 26 heavy (non-hydrogen) atoms. The number of hydrogen-bond donors (Lipinski definition) is 2. The monoisotopic (exact) mass is 358 g/mol. The van der Waals surface area contributed by atoms with Gasteiger partial charge in [-0.3, -0.25) is 0 Å². The highest BCUT2D eigenvalue weighted by Crippen LogP contribution is 2.30. The van der Waals surface area contributed by atoms with E-state index in [1.54, 1.807) is 12.1 Å². The molecule has 2 saturated heterocycles. The summed E-state index contributed by atoms with van der Waals surface area (Å²) in [5.74, 6) is 0.345. The summed E-state index contributed by atoms with van der Waals surface area (Å²) in [7, 11) is 0. The van der Waals surface area contributed by atoms with Gasteiger partial charge in [0, 0.05) is 12.6 Å². The lowest BCUT2D eigenvalue weighted by atomic mass is 10.1. The second-order valence-corrected chi connectivity index (χ2v) is 6.77. The molecule has 0 amide bonds. The smallest absolute Gasteiger partial charge is 0.216 e. The van der Waals surface area contributed by atoms with E-state index in [4.69, 9.17) is 9.47 Å². The van der Waals surface area contributed by atoms with Gasteiger partial charge in [-0.05, 0) is 42.8 Å². The average Bonchev–Trinajstić information content (AvgIpc) is 3.26. The van der Waals surface area contributed by atoms with E-state index in [-0.39, 0.29) is 24.0 Å². The van der Waals surface area contributed by atoms with E-state index < -0.39 is 6.41 Å². The number of fused-ring (bicyclic) bond motifs is 1. The summed E-state index contributed by atoms with van der Waals surface area (Å²) in [5.41, 5.74) is 1.02. The van der Waals surface area contributed by atoms with Crippen molar-refractivity contribution in [3.63, 3.8) is 0 Å². The van der Waals surface area contributed by atoms with Crippen molar-refractivity contribution < 1.29 is 19.0 Å². The van der Waals surface area contributed by atoms with Gasteiger partial charge in [0.15, 0.2) is 0 Å². The molecule has 2 fully saturated rings. The van der Waals surface area contributed by atoms with E-state index >= 15 is 0 Å². The van der Waals surface area contributed by atoms with Crippen LogP contribution in [0.1, 0.15) is 12.0 Å². The average molecular weight is 358 g/mol. The number of hydrogen-bond acceptors (Lipinski definition) is 5. The van der Waals surface area contributed by atoms with Crippen molar-refractivity contribution in [2.75, 3.05) is 13.1 Å². The number of aliphatic hydroxyl groups excluding tert-OH is 1. The van der Waals surface area contributed by atoms with Crippen molar-refractivity contribution in [2.45, 2.75) is 37.6 Å². The molecule has 2 aromatic rings. The maximum absolute atomic E-state index is 13.1. The number of likely N-dealkylation sites (tertiary alicyclic amines) is 1. The lowest BCUT2D eigenvalue weighted by molar-refractivity contribution is -0.204. The van der Waals surface area contributed by atoms with Gasteiger partial charge in [0.1, 0.15) is 17.7 Å². The Bertz CT molecular complexity index is 713. The number of rotatable bonds is 6. The van der Waals surface area contributed by atoms with Gasteiger partial charge in [0.25, 0.3) is 0 Å². The number of aliphatic hydroxyl groups is 1. The maximum atomic E-state index is 13.1. The maximum Gasteiger partial charge on any atom is 0.216 e. The van der Waals surface area contributed by atoms with E-state index in [2.05, 4.69) is 5.32 Å². The summed E-state index contributed by atoms with van der Waals surface area (Å²) in [6.45, 7) is 1.78. The molecule has 0 radical (unpaired) electrons. The molecule has 2 heterocycles. The molecule has 0 saturated carbocycles. The molecular formula is C20H23FN2O3. The Morgan fingerprint density at radius 1 is 1.15 bits per heavy atom. The van der Waals surface area contributed by atoms with Crippen LogP contribution in [0.2, 0.25) is 0 Å². The Hall–Kier alpha value is -1.99. The topological polar surface area (TPSA) is 54.0 Å². The SMILES string of the molecule is OC(OCc1ccccc1)N1CC(Oc2ccc(F)cc2)C2NCCC21. The van der Waals surface area contributed by atoms with Crippen molar-refractivity contribution in [2.24, 2.45) is 0 Å². The van der Waals surface area contributed by atoms with Crippen molar-refractivity contribution in [3.8, 4) is 5.75 Å². The minimum atomic E-state index is -0.982. The summed E-state index contributed by atoms with van der Waals surface area (Å²) in [4.78, 5) is 1.95. The summed E-state index contributed by atoms with van der Waals surface area (Å²) in [5, 5.41) is 14.0. The number of nitrogens with one attached hydrogen (secondary N) is 1. The van der Waals surface area contributed by atoms with Crippen LogP contribution in [0.5, 0.6) is 5.75 Å². The number of benzene rings is 2. The van der Waals surface area contributed by atoms with E-state index in [9.17, 15) is 9.50 Å². The van der Waals surface area contributed by atoms with Gasteiger partial charge in [-0.2, -0.15) is 0 Å². The molecule has 138 valence electrons. The van der Waals surface area contributed by atoms with E-state index in [1.165, 1.54) is 12.1 Å². The zero-order valence-corrected chi connectivity index (χ0v) is 14.4. The standard InChI is InChI=1S/C20H23FN2O3/c21-15-6-8-16(9-7-15)26-18-12-23(17-10-11-22-19(17)18)20(24)25-13-14-4-2-1-3-5-14/h1-9,17-20,22,24H,10-13H2. The Kier molecular flexibility index (Phi) is 5.17. The zero-order chi connectivity index (χ0) is 17.9. The second-order valence-electron chi connectivity index (χ2n) is 6.77. The third kappa shape index (κ3) is 3.73. The minimum absolute atomic E-state index is 0.120. The van der Waals surface area contributed by atoms with Crippen LogP contribution in [0.25, 0.3) is 0 Å². The van der Waals surface area contributed by atoms with E-state index in [0.717, 1.165) is 18.5 Å². The zero-order valence-electron chi connectivity index (χ0n) is 14.4. The largest absolute Gasteiger partial charge is 0.487 e. The molecule has 0 aliphatic carbocycles. The van der Waals surface area contributed by atoms with Crippen LogP contribution >= 0.6 is 0 Å². The number of nitrogens with zero attached hydrogens (tertiary/aromatic N) is 1. The third-order valence-electron chi connectivity index (χ3n) is 5.08. The van der Waals surface area contributed by atoms with Crippen LogP contribution in [0.4, 0.5) is 4.39 Å². The van der Waals surface area contributed by atoms with Gasteiger partial charge < -0.3 is 19.9 Å². The Labute approximate surface area is 152 Å². The highest BCUT2D eigenvalue weighted by molar-refractivity contribution is 5.23. The van der Waals surface area contributed by atoms with Crippen LogP contribution in [0, 0.1) is 5.82 Å². The Morgan fingerprint density at radius 3 is 2.69 bits per heavy atom. The fourth-order valence-corrected chi connectivity index (χ4v) is 3.81. The third-order valence-corrected chi connectivity index (χ3v) is 5.08. The lowest BCUT2D eigenvalue weighted by Crippen LogP contribution is -2.43. The molecule has 4 unspecified atom stereocenters. The van der Waals surface area contributed by atoms with Crippen LogP contribution in [-0.2, 0) is 11.3 Å². The number of ether oxygens (including phenoxy) is 2. The van der Waals surface area contributed by atoms with E-state index in [0.29, 0.717) is 18.9 Å². The van der Waals surface area contributed by atoms with Crippen LogP contribution in [-0.4, -0.2) is 47.7 Å². The molecule has 2 aliphatic rings. The van der Waals surface area contributed by atoms with Crippen molar-refractivity contribution >= 4 is 0 Å². The first-order valence-corrected chi connectivity index (χ1v) is 8.96. The number of halogens is 1. The molecular weight excluding hydrogens is 335 g/mol. The molecule has 4 rings (SSSR count). The molecule has 2 aliphatic heterocycles. The molecule has 0 aromatic heterocycles. The van der Waals surface area contributed by atoms with Crippen LogP contribution in [0.3, 0.4) is 0 Å². The quantitative estimate of drug-likeness (QED) is 0.775. The van der Waals surface area contributed by atoms with Crippen molar-refractivity contribution in [1.29, 1.82) is 0 Å². The molecule has 4 atom stereocenters. The molecule has 2 aromatic carbocycles. The van der Waals surface area contributed by atoms with Crippen molar-refractivity contribution in [3.05, 3.63) is 66.0 Å². The van der Waals surface area contributed by atoms with Gasteiger partial charge in [0.05, 0.1) is 12.6 Å². The van der Waals surface area contributed by atoms with Crippen molar-refractivity contribution in [1.82, 2.24) is 10.2 Å². The molecule has 2 N–H and O–H groups in total. The van der Waals surface area contributed by atoms with Crippen LogP contribution < -0.4 is 10.1 Å². The Morgan fingerprint density at radius 2 is 1.92 bits per heavy atom. The molecule has 0 bridgehead atoms. The summed E-state index contributed by atoms with van der Waals surface area (Å²) in [6.07, 6.45) is -0.174. The summed E-state index contributed by atoms with van der Waals surface area (Å²) >= 11 is 0. The van der Waals surface area contributed by atoms with E-state index in [1.807, 2.05) is 35.2 Å². The fourth-order valence-electron chi connectivity index (χ4n) is 3.81. The molecule has 0 spiro atoms. The summed E-state index contributed by atoms with van der Waals surface area (Å²) < 4.78 is 24.8. The normalized spacial score (nSPS) is 26.6. The van der Waals surface area contributed by atoms with Gasteiger partial charge in [-0.15, -0.1) is 0 Å². The van der Waals surface area contributed by atoms with Gasteiger partial charge in [-0.25, -0.2) is 9.29 Å². The van der Waals surface area contributed by atoms with Gasteiger partial charge in [0.2, 0.25) is 6.41 Å². The van der Waals surface area contributed by atoms with Gasteiger partial charge >= 0.3 is 0 Å². The first-order chi connectivity index (χ1) is 12.7. The Balaban J connectivity index is 1.39. The minimum Gasteiger partial charge on any atom is -0.487 e. The van der Waals surface area contributed by atoms with Gasteiger partial charge in [-0.1, -0.05) is 30.3 Å². The summed E-state index contributed by atoms with van der Waals surface area (Å²) in [6, 6.07) is 16.1.